The van der Waals surface area contributed by atoms with Gasteiger partial charge in [0.2, 0.25) is 0 Å². The highest BCUT2D eigenvalue weighted by Gasteiger charge is 2.09. The normalized spacial score (nSPS) is 11.1. The smallest absolute Gasteiger partial charge is 0.138 e. The van der Waals surface area contributed by atoms with Crippen LogP contribution in [0, 0.1) is 5.82 Å². The summed E-state index contributed by atoms with van der Waals surface area (Å²) in [7, 11) is 0. The molecule has 0 fully saturated rings. The lowest BCUT2D eigenvalue weighted by molar-refractivity contribution is 0.514. The third-order valence-electron chi connectivity index (χ3n) is 2.46. The van der Waals surface area contributed by atoms with E-state index in [1.54, 1.807) is 12.4 Å². The van der Waals surface area contributed by atoms with Crippen molar-refractivity contribution in [3.8, 4) is 0 Å². The molecule has 18 heavy (non-hydrogen) atoms. The van der Waals surface area contributed by atoms with E-state index in [0.717, 1.165) is 10.7 Å². The van der Waals surface area contributed by atoms with Gasteiger partial charge in [-0.1, -0.05) is 0 Å². The molecule has 2 rings (SSSR count). The van der Waals surface area contributed by atoms with E-state index < -0.39 is 0 Å². The largest absolute Gasteiger partial charge is 0.398 e. The minimum atomic E-state index is -0.317. The molecule has 2 N–H and O–H groups in total. The zero-order valence-electron chi connectivity index (χ0n) is 10.3. The van der Waals surface area contributed by atoms with Crippen molar-refractivity contribution in [2.75, 3.05) is 5.73 Å². The van der Waals surface area contributed by atoms with E-state index in [0.29, 0.717) is 11.4 Å². The maximum absolute atomic E-state index is 12.9. The van der Waals surface area contributed by atoms with Crippen LogP contribution in [0.3, 0.4) is 0 Å². The molecule has 0 amide bonds. The van der Waals surface area contributed by atoms with Crippen molar-refractivity contribution in [1.29, 1.82) is 0 Å². The number of hydrogen-bond acceptors (Lipinski definition) is 4. The summed E-state index contributed by atoms with van der Waals surface area (Å²) in [4.78, 5) is 5.07. The summed E-state index contributed by atoms with van der Waals surface area (Å²) >= 11 is 1.53. The molecule has 0 unspecified atom stereocenters. The number of nitrogens with two attached hydrogens (primary N) is 1. The lowest BCUT2D eigenvalue weighted by Gasteiger charge is -2.09. The van der Waals surface area contributed by atoms with Gasteiger partial charge in [0.05, 0.1) is 5.75 Å². The summed E-state index contributed by atoms with van der Waals surface area (Å²) in [5.74, 6) is 1.23. The summed E-state index contributed by atoms with van der Waals surface area (Å²) < 4.78 is 14.8. The van der Waals surface area contributed by atoms with Crippen LogP contribution in [0.2, 0.25) is 0 Å². The molecule has 1 heterocycles. The van der Waals surface area contributed by atoms with Gasteiger partial charge >= 0.3 is 0 Å². The van der Waals surface area contributed by atoms with Gasteiger partial charge in [0, 0.05) is 16.6 Å². The Morgan fingerprint density at radius 2 is 2.22 bits per heavy atom. The molecule has 0 aliphatic carbocycles. The molecule has 1 aromatic heterocycles. The Hall–Kier alpha value is -1.56. The van der Waals surface area contributed by atoms with Crippen LogP contribution in [0.15, 0.2) is 29.4 Å². The number of nitrogen functional groups attached to an aromatic ring is 1. The standard InChI is InChI=1S/C12H15FN4S/c1-8(2)17-12(15-7-16-17)6-18-11-4-3-9(13)5-10(11)14/h3-5,7-8H,6,14H2,1-2H3. The van der Waals surface area contributed by atoms with Crippen molar-refractivity contribution >= 4 is 17.4 Å². The van der Waals surface area contributed by atoms with E-state index in [2.05, 4.69) is 23.9 Å². The Bertz CT molecular complexity index is 539. The molecule has 96 valence electrons. The van der Waals surface area contributed by atoms with Crippen LogP contribution in [0.5, 0.6) is 0 Å². The molecule has 0 atom stereocenters. The molecule has 0 saturated heterocycles. The predicted molar refractivity (Wildman–Crippen MR) is 70.8 cm³/mol. The summed E-state index contributed by atoms with van der Waals surface area (Å²) in [5.41, 5.74) is 6.21. The Morgan fingerprint density at radius 1 is 1.44 bits per heavy atom. The second-order valence-corrected chi connectivity index (χ2v) is 5.20. The molecule has 0 aliphatic heterocycles. The Morgan fingerprint density at radius 3 is 2.89 bits per heavy atom. The summed E-state index contributed by atoms with van der Waals surface area (Å²) in [6.45, 7) is 4.10. The zero-order valence-corrected chi connectivity index (χ0v) is 11.1. The molecular weight excluding hydrogens is 251 g/mol. The maximum atomic E-state index is 12.9. The molecule has 0 radical (unpaired) electrons. The number of anilines is 1. The molecule has 6 heteroatoms. The third-order valence-corrected chi connectivity index (χ3v) is 3.55. The average Bonchev–Trinajstić information content (AvgIpc) is 2.76. The predicted octanol–water partition coefficient (Wildman–Crippen LogP) is 2.87. The summed E-state index contributed by atoms with van der Waals surface area (Å²) in [5, 5.41) is 4.17. The van der Waals surface area contributed by atoms with Gasteiger partial charge in [-0.3, -0.25) is 0 Å². The lowest BCUT2D eigenvalue weighted by atomic mass is 10.3. The SMILES string of the molecule is CC(C)n1ncnc1CSc1ccc(F)cc1N. The zero-order chi connectivity index (χ0) is 13.1. The maximum Gasteiger partial charge on any atom is 0.138 e. The number of nitrogens with zero attached hydrogens (tertiary/aromatic N) is 3. The Balaban J connectivity index is 2.09. The second-order valence-electron chi connectivity index (χ2n) is 4.19. The van der Waals surface area contributed by atoms with Crippen LogP contribution < -0.4 is 5.73 Å². The fourth-order valence-electron chi connectivity index (χ4n) is 1.60. The van der Waals surface area contributed by atoms with Gasteiger partial charge in [-0.15, -0.1) is 11.8 Å². The molecule has 2 aromatic rings. The van der Waals surface area contributed by atoms with E-state index >= 15 is 0 Å². The monoisotopic (exact) mass is 266 g/mol. The first-order valence-corrected chi connectivity index (χ1v) is 6.62. The summed E-state index contributed by atoms with van der Waals surface area (Å²) in [6.07, 6.45) is 1.55. The van der Waals surface area contributed by atoms with Gasteiger partial charge in [0.25, 0.3) is 0 Å². The van der Waals surface area contributed by atoms with Crippen molar-refractivity contribution in [3.05, 3.63) is 36.2 Å². The molecule has 0 bridgehead atoms. The minimum absolute atomic E-state index is 0.272. The number of hydrogen-bond donors (Lipinski definition) is 1. The highest BCUT2D eigenvalue weighted by molar-refractivity contribution is 7.98. The topological polar surface area (TPSA) is 56.7 Å². The van der Waals surface area contributed by atoms with Crippen molar-refractivity contribution < 1.29 is 4.39 Å². The van der Waals surface area contributed by atoms with Gasteiger partial charge in [-0.2, -0.15) is 5.10 Å². The van der Waals surface area contributed by atoms with Crippen LogP contribution in [0.1, 0.15) is 25.7 Å². The van der Waals surface area contributed by atoms with Crippen LogP contribution in [0.25, 0.3) is 0 Å². The van der Waals surface area contributed by atoms with Crippen LogP contribution in [-0.2, 0) is 5.75 Å². The fourth-order valence-corrected chi connectivity index (χ4v) is 2.48. The van der Waals surface area contributed by atoms with Crippen molar-refractivity contribution in [1.82, 2.24) is 14.8 Å². The number of halogens is 1. The molecule has 4 nitrogen and oxygen atoms in total. The molecule has 1 aromatic carbocycles. The minimum Gasteiger partial charge on any atom is -0.398 e. The highest BCUT2D eigenvalue weighted by atomic mass is 32.2. The van der Waals surface area contributed by atoms with Gasteiger partial charge in [-0.25, -0.2) is 14.1 Å². The van der Waals surface area contributed by atoms with Gasteiger partial charge < -0.3 is 5.73 Å². The van der Waals surface area contributed by atoms with E-state index in [1.807, 2.05) is 4.68 Å². The van der Waals surface area contributed by atoms with Gasteiger partial charge in [0.1, 0.15) is 18.0 Å². The Labute approximate surface area is 109 Å². The number of thioether (sulfide) groups is 1. The van der Waals surface area contributed by atoms with Crippen molar-refractivity contribution in [2.45, 2.75) is 30.5 Å². The second kappa shape index (κ2) is 5.39. The van der Waals surface area contributed by atoms with Crippen LogP contribution in [0.4, 0.5) is 10.1 Å². The lowest BCUT2D eigenvalue weighted by Crippen LogP contribution is -2.07. The molecule has 0 aliphatic rings. The third kappa shape index (κ3) is 2.81. The average molecular weight is 266 g/mol. The van der Waals surface area contributed by atoms with Crippen LogP contribution in [-0.4, -0.2) is 14.8 Å². The quantitative estimate of drug-likeness (QED) is 0.683. The number of aromatic nitrogens is 3. The first-order chi connectivity index (χ1) is 8.58. The fraction of sp³-hybridized carbons (Fsp3) is 0.333. The molecule has 0 saturated carbocycles. The first-order valence-electron chi connectivity index (χ1n) is 5.64. The van der Waals surface area contributed by atoms with E-state index in [-0.39, 0.29) is 11.9 Å². The van der Waals surface area contributed by atoms with E-state index in [9.17, 15) is 4.39 Å². The van der Waals surface area contributed by atoms with Crippen molar-refractivity contribution in [2.24, 2.45) is 0 Å². The highest BCUT2D eigenvalue weighted by Crippen LogP contribution is 2.28. The van der Waals surface area contributed by atoms with Gasteiger partial charge in [0.15, 0.2) is 0 Å². The number of benzene rings is 1. The van der Waals surface area contributed by atoms with Gasteiger partial charge in [-0.05, 0) is 32.0 Å². The first kappa shape index (κ1) is 12.9. The molecule has 0 spiro atoms. The van der Waals surface area contributed by atoms with E-state index in [1.165, 1.54) is 23.9 Å². The number of rotatable bonds is 4. The molecular formula is C12H15FN4S. The van der Waals surface area contributed by atoms with E-state index in [4.69, 9.17) is 5.73 Å². The van der Waals surface area contributed by atoms with Crippen LogP contribution >= 0.6 is 11.8 Å². The summed E-state index contributed by atoms with van der Waals surface area (Å²) in [6, 6.07) is 4.70. The Kier molecular flexibility index (Phi) is 3.86. The van der Waals surface area contributed by atoms with Crippen molar-refractivity contribution in [3.63, 3.8) is 0 Å².